The molecule has 18 heavy (non-hydrogen) atoms. The van der Waals surface area contributed by atoms with Crippen LogP contribution in [0.4, 0.5) is 0 Å². The van der Waals surface area contributed by atoms with Gasteiger partial charge in [-0.15, -0.1) is 0 Å². The minimum absolute atomic E-state index is 0.416. The van der Waals surface area contributed by atoms with Crippen LogP contribution in [-0.2, 0) is 0 Å². The predicted molar refractivity (Wildman–Crippen MR) is 76.1 cm³/mol. The Morgan fingerprint density at radius 2 is 2.11 bits per heavy atom. The Hall–Kier alpha value is -1.13. The molecule has 0 saturated carbocycles. The molecule has 0 aliphatic rings. The first-order valence-corrected chi connectivity index (χ1v) is 6.71. The topological polar surface area (TPSA) is 35.0 Å². The quantitative estimate of drug-likeness (QED) is 0.790. The van der Waals surface area contributed by atoms with Crippen LogP contribution in [0, 0.1) is 6.92 Å². The van der Waals surface area contributed by atoms with E-state index in [0.717, 1.165) is 21.5 Å². The Balaban J connectivity index is 2.45. The third kappa shape index (κ3) is 2.82. The van der Waals surface area contributed by atoms with Crippen molar-refractivity contribution < 1.29 is 4.74 Å². The van der Waals surface area contributed by atoms with Gasteiger partial charge in [0.2, 0.25) is 0 Å². The van der Waals surface area contributed by atoms with Crippen LogP contribution in [0.1, 0.15) is 12.6 Å². The average Bonchev–Trinajstić information content (AvgIpc) is 2.36. The number of hydrogen-bond acceptors (Lipinski definition) is 3. The van der Waals surface area contributed by atoms with E-state index in [1.807, 2.05) is 38.1 Å². The Kier molecular flexibility index (Phi) is 4.19. The van der Waals surface area contributed by atoms with Gasteiger partial charge in [0.05, 0.1) is 16.8 Å². The Bertz CT molecular complexity index is 552. The van der Waals surface area contributed by atoms with Crippen LogP contribution < -0.4 is 4.74 Å². The van der Waals surface area contributed by atoms with Crippen molar-refractivity contribution in [3.8, 4) is 17.1 Å². The summed E-state index contributed by atoms with van der Waals surface area (Å²) in [5.74, 6) is 1.40. The van der Waals surface area contributed by atoms with E-state index in [1.54, 1.807) is 0 Å². The summed E-state index contributed by atoms with van der Waals surface area (Å²) in [5, 5.41) is 0.416. The largest absolute Gasteiger partial charge is 0.494 e. The molecule has 1 aromatic carbocycles. The first-order chi connectivity index (χ1) is 8.61. The molecule has 2 rings (SSSR count). The molecular weight excluding hydrogens is 316 g/mol. The minimum atomic E-state index is 0.416. The van der Waals surface area contributed by atoms with E-state index in [-0.39, 0.29) is 0 Å². The van der Waals surface area contributed by atoms with E-state index in [1.165, 1.54) is 0 Å². The summed E-state index contributed by atoms with van der Waals surface area (Å²) >= 11 is 9.38. The minimum Gasteiger partial charge on any atom is -0.494 e. The van der Waals surface area contributed by atoms with Crippen LogP contribution in [0.5, 0.6) is 5.75 Å². The monoisotopic (exact) mass is 326 g/mol. The molecule has 0 atom stereocenters. The number of nitrogens with zero attached hydrogens (tertiary/aromatic N) is 2. The number of halogens is 2. The van der Waals surface area contributed by atoms with Gasteiger partial charge in [-0.1, -0.05) is 23.7 Å². The fourth-order valence-electron chi connectivity index (χ4n) is 1.55. The zero-order valence-corrected chi connectivity index (χ0v) is 12.4. The highest BCUT2D eigenvalue weighted by Crippen LogP contribution is 2.27. The fraction of sp³-hybridized carbons (Fsp3) is 0.231. The van der Waals surface area contributed by atoms with Gasteiger partial charge in [-0.05, 0) is 41.9 Å². The maximum atomic E-state index is 6.04. The van der Waals surface area contributed by atoms with E-state index < -0.39 is 0 Å². The van der Waals surface area contributed by atoms with Crippen molar-refractivity contribution in [1.82, 2.24) is 9.97 Å². The standard InChI is InChI=1S/C13H12BrClN2O/c1-3-18-10-6-4-5-9(7-10)13-16-8(2)11(14)12(15)17-13/h4-7H,3H2,1-2H3. The molecule has 0 radical (unpaired) electrons. The van der Waals surface area contributed by atoms with Crippen molar-refractivity contribution >= 4 is 27.5 Å². The average molecular weight is 328 g/mol. The van der Waals surface area contributed by atoms with Crippen molar-refractivity contribution in [3.05, 3.63) is 39.6 Å². The molecule has 0 spiro atoms. The van der Waals surface area contributed by atoms with Crippen LogP contribution in [0.15, 0.2) is 28.7 Å². The highest BCUT2D eigenvalue weighted by molar-refractivity contribution is 9.10. The van der Waals surface area contributed by atoms with Crippen molar-refractivity contribution in [2.75, 3.05) is 6.61 Å². The number of ether oxygens (including phenoxy) is 1. The predicted octanol–water partition coefficient (Wildman–Crippen LogP) is 4.27. The second kappa shape index (κ2) is 5.67. The van der Waals surface area contributed by atoms with Gasteiger partial charge in [-0.25, -0.2) is 9.97 Å². The molecule has 2 aromatic rings. The molecule has 0 aliphatic carbocycles. The number of aryl methyl sites for hydroxylation is 1. The summed E-state index contributed by atoms with van der Waals surface area (Å²) < 4.78 is 6.18. The number of aromatic nitrogens is 2. The van der Waals surface area contributed by atoms with Gasteiger partial charge in [0.15, 0.2) is 5.82 Å². The van der Waals surface area contributed by atoms with E-state index in [0.29, 0.717) is 17.6 Å². The summed E-state index contributed by atoms with van der Waals surface area (Å²) in [4.78, 5) is 8.66. The van der Waals surface area contributed by atoms with Gasteiger partial charge in [0, 0.05) is 5.56 Å². The zero-order chi connectivity index (χ0) is 13.1. The Morgan fingerprint density at radius 3 is 2.78 bits per heavy atom. The van der Waals surface area contributed by atoms with E-state index >= 15 is 0 Å². The van der Waals surface area contributed by atoms with Gasteiger partial charge >= 0.3 is 0 Å². The lowest BCUT2D eigenvalue weighted by molar-refractivity contribution is 0.340. The maximum Gasteiger partial charge on any atom is 0.161 e. The molecule has 1 aromatic heterocycles. The molecule has 5 heteroatoms. The maximum absolute atomic E-state index is 6.04. The number of benzene rings is 1. The van der Waals surface area contributed by atoms with Crippen molar-refractivity contribution in [1.29, 1.82) is 0 Å². The summed E-state index contributed by atoms with van der Waals surface area (Å²) in [7, 11) is 0. The molecule has 0 aliphatic heterocycles. The third-order valence-corrected chi connectivity index (χ3v) is 3.83. The second-order valence-corrected chi connectivity index (χ2v) is 4.85. The molecular formula is C13H12BrClN2O. The lowest BCUT2D eigenvalue weighted by Gasteiger charge is -2.07. The molecule has 0 fully saturated rings. The van der Waals surface area contributed by atoms with Gasteiger partial charge in [0.1, 0.15) is 10.9 Å². The Morgan fingerprint density at radius 1 is 1.33 bits per heavy atom. The van der Waals surface area contributed by atoms with E-state index in [4.69, 9.17) is 16.3 Å². The number of rotatable bonds is 3. The van der Waals surface area contributed by atoms with Gasteiger partial charge in [-0.3, -0.25) is 0 Å². The summed E-state index contributed by atoms with van der Waals surface area (Å²) in [6.45, 7) is 4.46. The molecule has 1 heterocycles. The van der Waals surface area contributed by atoms with Crippen molar-refractivity contribution in [2.24, 2.45) is 0 Å². The van der Waals surface area contributed by atoms with Crippen LogP contribution in [0.2, 0.25) is 5.15 Å². The van der Waals surface area contributed by atoms with Crippen LogP contribution in [0.3, 0.4) is 0 Å². The summed E-state index contributed by atoms with van der Waals surface area (Å²) in [5.41, 5.74) is 1.70. The van der Waals surface area contributed by atoms with Crippen LogP contribution in [-0.4, -0.2) is 16.6 Å². The zero-order valence-electron chi connectivity index (χ0n) is 10.1. The molecule has 0 amide bonds. The molecule has 0 saturated heterocycles. The lowest BCUT2D eigenvalue weighted by Crippen LogP contribution is -1.96. The van der Waals surface area contributed by atoms with Gasteiger partial charge in [0.25, 0.3) is 0 Å². The van der Waals surface area contributed by atoms with Crippen LogP contribution in [0.25, 0.3) is 11.4 Å². The molecule has 0 bridgehead atoms. The SMILES string of the molecule is CCOc1cccc(-c2nc(C)c(Br)c(Cl)n2)c1. The first kappa shape index (κ1) is 13.3. The highest BCUT2D eigenvalue weighted by Gasteiger charge is 2.09. The lowest BCUT2D eigenvalue weighted by atomic mass is 10.2. The highest BCUT2D eigenvalue weighted by atomic mass is 79.9. The normalized spacial score (nSPS) is 10.4. The molecule has 0 N–H and O–H groups in total. The third-order valence-electron chi connectivity index (χ3n) is 2.38. The van der Waals surface area contributed by atoms with Crippen molar-refractivity contribution in [3.63, 3.8) is 0 Å². The summed E-state index contributed by atoms with van der Waals surface area (Å²) in [6.07, 6.45) is 0. The molecule has 94 valence electrons. The second-order valence-electron chi connectivity index (χ2n) is 3.70. The van der Waals surface area contributed by atoms with Crippen LogP contribution >= 0.6 is 27.5 Å². The smallest absolute Gasteiger partial charge is 0.161 e. The van der Waals surface area contributed by atoms with Crippen molar-refractivity contribution in [2.45, 2.75) is 13.8 Å². The number of hydrogen-bond donors (Lipinski definition) is 0. The summed E-state index contributed by atoms with van der Waals surface area (Å²) in [6, 6.07) is 7.65. The fourth-order valence-corrected chi connectivity index (χ4v) is 1.94. The molecule has 3 nitrogen and oxygen atoms in total. The van der Waals surface area contributed by atoms with Gasteiger partial charge in [-0.2, -0.15) is 0 Å². The first-order valence-electron chi connectivity index (χ1n) is 5.54. The molecule has 0 unspecified atom stereocenters. The van der Waals surface area contributed by atoms with E-state index in [2.05, 4.69) is 25.9 Å². The van der Waals surface area contributed by atoms with Gasteiger partial charge < -0.3 is 4.74 Å². The Labute approximate surface area is 119 Å². The van der Waals surface area contributed by atoms with E-state index in [9.17, 15) is 0 Å².